The molecule has 2 nitrogen and oxygen atoms in total. The minimum Gasteiger partial charge on any atom is -0.343 e. The minimum atomic E-state index is 0.0322. The second-order valence-corrected chi connectivity index (χ2v) is 6.76. The third-order valence-electron chi connectivity index (χ3n) is 2.91. The average Bonchev–Trinajstić information content (AvgIpc) is 2.37. The molecular formula is C15H18N2S2. The zero-order valence-electron chi connectivity index (χ0n) is 11.7. The van der Waals surface area contributed by atoms with Crippen molar-refractivity contribution in [2.24, 2.45) is 0 Å². The van der Waals surface area contributed by atoms with E-state index in [1.54, 1.807) is 11.8 Å². The number of hydrogen-bond acceptors (Lipinski definition) is 3. The van der Waals surface area contributed by atoms with E-state index in [2.05, 4.69) is 61.3 Å². The quantitative estimate of drug-likeness (QED) is 0.634. The van der Waals surface area contributed by atoms with E-state index in [9.17, 15) is 0 Å². The van der Waals surface area contributed by atoms with Crippen molar-refractivity contribution in [2.45, 2.75) is 31.1 Å². The predicted molar refractivity (Wildman–Crippen MR) is 85.3 cm³/mol. The molecule has 0 aliphatic heterocycles. The van der Waals surface area contributed by atoms with Crippen LogP contribution in [0.1, 0.15) is 26.5 Å². The van der Waals surface area contributed by atoms with Crippen LogP contribution in [0.15, 0.2) is 35.2 Å². The fourth-order valence-corrected chi connectivity index (χ4v) is 2.36. The van der Waals surface area contributed by atoms with E-state index in [-0.39, 0.29) is 5.41 Å². The average molecular weight is 290 g/mol. The molecule has 0 fully saturated rings. The smallest absolute Gasteiger partial charge is 0.139 e. The van der Waals surface area contributed by atoms with Crippen molar-refractivity contribution in [3.63, 3.8) is 0 Å². The van der Waals surface area contributed by atoms with Crippen molar-refractivity contribution < 1.29 is 0 Å². The van der Waals surface area contributed by atoms with Crippen molar-refractivity contribution in [1.29, 1.82) is 0 Å². The van der Waals surface area contributed by atoms with E-state index >= 15 is 0 Å². The molecule has 0 spiro atoms. The Morgan fingerprint density at radius 3 is 2.32 bits per heavy atom. The fraction of sp³-hybridized carbons (Fsp3) is 0.333. The summed E-state index contributed by atoms with van der Waals surface area (Å²) >= 11 is 7.00. The van der Waals surface area contributed by atoms with Crippen molar-refractivity contribution in [2.75, 3.05) is 6.26 Å². The maximum Gasteiger partial charge on any atom is 0.139 e. The molecule has 0 radical (unpaired) electrons. The Labute approximate surface area is 123 Å². The molecular weight excluding hydrogens is 272 g/mol. The van der Waals surface area contributed by atoms with Gasteiger partial charge >= 0.3 is 0 Å². The topological polar surface area (TPSA) is 28.7 Å². The summed E-state index contributed by atoms with van der Waals surface area (Å²) in [6.07, 6.45) is 2.07. The number of nitrogens with zero attached hydrogens (tertiary/aromatic N) is 1. The summed E-state index contributed by atoms with van der Waals surface area (Å²) in [7, 11) is 0. The first-order chi connectivity index (χ1) is 8.90. The largest absolute Gasteiger partial charge is 0.343 e. The third kappa shape index (κ3) is 3.45. The maximum atomic E-state index is 5.27. The Hall–Kier alpha value is -1.13. The van der Waals surface area contributed by atoms with Gasteiger partial charge in [0.1, 0.15) is 10.5 Å². The Kier molecular flexibility index (Phi) is 4.11. The van der Waals surface area contributed by atoms with E-state index in [1.165, 1.54) is 4.90 Å². The molecule has 0 unspecified atom stereocenters. The van der Waals surface area contributed by atoms with Gasteiger partial charge in [-0.1, -0.05) is 45.1 Å². The molecule has 2 rings (SSSR count). The van der Waals surface area contributed by atoms with Crippen LogP contribution in [0.5, 0.6) is 0 Å². The van der Waals surface area contributed by atoms with Gasteiger partial charge in [0.05, 0.1) is 0 Å². The summed E-state index contributed by atoms with van der Waals surface area (Å²) in [5, 5.41) is 0. The number of nitrogens with one attached hydrogen (secondary N) is 1. The molecule has 0 amide bonds. The van der Waals surface area contributed by atoms with Gasteiger partial charge in [-0.25, -0.2) is 4.98 Å². The monoisotopic (exact) mass is 290 g/mol. The number of thioether (sulfide) groups is 1. The molecule has 0 aliphatic rings. The highest BCUT2D eigenvalue weighted by Crippen LogP contribution is 2.24. The van der Waals surface area contributed by atoms with Crippen molar-refractivity contribution in [1.82, 2.24) is 9.97 Å². The summed E-state index contributed by atoms with van der Waals surface area (Å²) in [5.74, 6) is 0.838. The molecule has 1 aromatic heterocycles. The van der Waals surface area contributed by atoms with Gasteiger partial charge in [0, 0.05) is 21.6 Å². The third-order valence-corrected chi connectivity index (χ3v) is 3.87. The molecule has 1 aromatic carbocycles. The number of H-pyrrole nitrogens is 1. The summed E-state index contributed by atoms with van der Waals surface area (Å²) in [5.41, 5.74) is 2.20. The van der Waals surface area contributed by atoms with Crippen LogP contribution < -0.4 is 0 Å². The standard InChI is InChI=1S/C15H18N2S2/c1-15(2,3)12-9-13(18)17-14(16-12)10-5-7-11(19-4)8-6-10/h5-9H,1-4H3,(H,16,17,18). The molecule has 2 aromatic rings. The van der Waals surface area contributed by atoms with Crippen LogP contribution in [-0.4, -0.2) is 16.2 Å². The first kappa shape index (κ1) is 14.3. The van der Waals surface area contributed by atoms with Crippen molar-refractivity contribution in [3.05, 3.63) is 40.7 Å². The Morgan fingerprint density at radius 1 is 1.16 bits per heavy atom. The molecule has 1 N–H and O–H groups in total. The van der Waals surface area contributed by atoms with Gasteiger partial charge in [-0.05, 0) is 24.5 Å². The van der Waals surface area contributed by atoms with E-state index < -0.39 is 0 Å². The molecule has 0 saturated heterocycles. The SMILES string of the molecule is CSc1ccc(-c2nc(=S)cc(C(C)(C)C)[nH]2)cc1. The predicted octanol–water partition coefficient (Wildman–Crippen LogP) is 4.83. The lowest BCUT2D eigenvalue weighted by Crippen LogP contribution is -2.14. The minimum absolute atomic E-state index is 0.0322. The molecule has 19 heavy (non-hydrogen) atoms. The van der Waals surface area contributed by atoms with Crippen LogP contribution in [0.25, 0.3) is 11.4 Å². The molecule has 0 saturated carbocycles. The number of rotatable bonds is 2. The molecule has 100 valence electrons. The zero-order valence-corrected chi connectivity index (χ0v) is 13.3. The van der Waals surface area contributed by atoms with E-state index in [1.807, 2.05) is 6.07 Å². The second kappa shape index (κ2) is 5.47. The Balaban J connectivity index is 2.49. The highest BCUT2D eigenvalue weighted by Gasteiger charge is 2.15. The summed E-state index contributed by atoms with van der Waals surface area (Å²) < 4.78 is 0.632. The van der Waals surface area contributed by atoms with Crippen LogP contribution in [0, 0.1) is 4.64 Å². The fourth-order valence-electron chi connectivity index (χ4n) is 1.75. The van der Waals surface area contributed by atoms with Gasteiger partial charge in [-0.3, -0.25) is 0 Å². The Bertz CT molecular complexity index is 622. The van der Waals surface area contributed by atoms with Gasteiger partial charge in [-0.15, -0.1) is 11.8 Å². The summed E-state index contributed by atoms with van der Waals surface area (Å²) in [6.45, 7) is 6.48. The van der Waals surface area contributed by atoms with Crippen molar-refractivity contribution in [3.8, 4) is 11.4 Å². The highest BCUT2D eigenvalue weighted by atomic mass is 32.2. The molecule has 0 bridgehead atoms. The normalized spacial score (nSPS) is 11.6. The molecule has 0 aliphatic carbocycles. The lowest BCUT2D eigenvalue weighted by atomic mass is 9.92. The number of hydrogen-bond donors (Lipinski definition) is 1. The van der Waals surface area contributed by atoms with Crippen molar-refractivity contribution >= 4 is 24.0 Å². The van der Waals surface area contributed by atoms with E-state index in [4.69, 9.17) is 12.2 Å². The zero-order chi connectivity index (χ0) is 14.0. The second-order valence-electron chi connectivity index (χ2n) is 5.46. The van der Waals surface area contributed by atoms with Crippen LogP contribution >= 0.6 is 24.0 Å². The summed E-state index contributed by atoms with van der Waals surface area (Å²) in [6, 6.07) is 10.3. The van der Waals surface area contributed by atoms with Crippen LogP contribution in [0.2, 0.25) is 0 Å². The number of benzene rings is 1. The van der Waals surface area contributed by atoms with Gasteiger partial charge < -0.3 is 4.98 Å². The number of aromatic amines is 1. The molecule has 1 heterocycles. The van der Waals surface area contributed by atoms with Gasteiger partial charge in [-0.2, -0.15) is 0 Å². The van der Waals surface area contributed by atoms with Gasteiger partial charge in [0.2, 0.25) is 0 Å². The molecule has 0 atom stereocenters. The lowest BCUT2D eigenvalue weighted by molar-refractivity contribution is 0.567. The van der Waals surface area contributed by atoms with Crippen LogP contribution in [-0.2, 0) is 5.41 Å². The van der Waals surface area contributed by atoms with Gasteiger partial charge in [0.25, 0.3) is 0 Å². The van der Waals surface area contributed by atoms with E-state index in [0.717, 1.165) is 17.1 Å². The van der Waals surface area contributed by atoms with Crippen LogP contribution in [0.4, 0.5) is 0 Å². The first-order valence-corrected chi connectivity index (χ1v) is 7.80. The lowest BCUT2D eigenvalue weighted by Gasteiger charge is -2.19. The maximum absolute atomic E-state index is 5.27. The van der Waals surface area contributed by atoms with Gasteiger partial charge in [0.15, 0.2) is 0 Å². The van der Waals surface area contributed by atoms with E-state index in [0.29, 0.717) is 4.64 Å². The first-order valence-electron chi connectivity index (χ1n) is 6.16. The molecule has 4 heteroatoms. The number of aromatic nitrogens is 2. The highest BCUT2D eigenvalue weighted by molar-refractivity contribution is 7.98. The summed E-state index contributed by atoms with van der Waals surface area (Å²) in [4.78, 5) is 9.06. The van der Waals surface area contributed by atoms with Crippen LogP contribution in [0.3, 0.4) is 0 Å². The Morgan fingerprint density at radius 2 is 1.79 bits per heavy atom.